The Balaban J connectivity index is 0.000000845. The molecule has 3 nitrogen and oxygen atoms in total. The summed E-state index contributed by atoms with van der Waals surface area (Å²) in [6, 6.07) is 0.105. The van der Waals surface area contributed by atoms with Crippen molar-refractivity contribution in [3.05, 3.63) is 0 Å². The molecule has 2 aliphatic heterocycles. The predicted octanol–water partition coefficient (Wildman–Crippen LogP) is 0.693. The molecule has 2 heterocycles. The number of thioether (sulfide) groups is 1. The third kappa shape index (κ3) is 2.51. The Kier molecular flexibility index (Phi) is 4.35. The zero-order chi connectivity index (χ0) is 8.39. The first kappa shape index (κ1) is 11.1. The van der Waals surface area contributed by atoms with Gasteiger partial charge in [0.1, 0.15) is 0 Å². The lowest BCUT2D eigenvalue weighted by molar-refractivity contribution is -0.131. The summed E-state index contributed by atoms with van der Waals surface area (Å²) in [4.78, 5) is 13.7. The topological polar surface area (TPSA) is 32.3 Å². The number of likely N-dealkylation sites (tertiary alicyclic amines) is 1. The second-order valence-electron chi connectivity index (χ2n) is 3.30. The van der Waals surface area contributed by atoms with Crippen LogP contribution < -0.4 is 5.32 Å². The first-order chi connectivity index (χ1) is 5.88. The Labute approximate surface area is 89.0 Å². The molecule has 0 radical (unpaired) electrons. The summed E-state index contributed by atoms with van der Waals surface area (Å²) in [5, 5.41) is 3.20. The van der Waals surface area contributed by atoms with Gasteiger partial charge in [0.2, 0.25) is 5.91 Å². The van der Waals surface area contributed by atoms with Crippen molar-refractivity contribution in [2.45, 2.75) is 18.9 Å². The fourth-order valence-electron chi connectivity index (χ4n) is 1.71. The molecule has 1 amide bonds. The van der Waals surface area contributed by atoms with Crippen LogP contribution in [-0.2, 0) is 4.79 Å². The lowest BCUT2D eigenvalue weighted by Gasteiger charge is -2.19. The second kappa shape index (κ2) is 5.08. The number of halogens is 1. The van der Waals surface area contributed by atoms with Crippen LogP contribution in [0.25, 0.3) is 0 Å². The molecule has 0 aromatic carbocycles. The molecule has 5 heteroatoms. The van der Waals surface area contributed by atoms with Gasteiger partial charge in [-0.05, 0) is 12.8 Å². The average molecular weight is 223 g/mol. The van der Waals surface area contributed by atoms with Gasteiger partial charge in [-0.25, -0.2) is 0 Å². The van der Waals surface area contributed by atoms with Crippen LogP contribution in [0.15, 0.2) is 0 Å². The van der Waals surface area contributed by atoms with Crippen molar-refractivity contribution in [3.63, 3.8) is 0 Å². The molecule has 2 aliphatic rings. The third-order valence-corrected chi connectivity index (χ3v) is 3.37. The molecule has 76 valence electrons. The van der Waals surface area contributed by atoms with Crippen molar-refractivity contribution in [1.29, 1.82) is 0 Å². The third-order valence-electron chi connectivity index (χ3n) is 2.43. The highest BCUT2D eigenvalue weighted by molar-refractivity contribution is 7.99. The van der Waals surface area contributed by atoms with Crippen molar-refractivity contribution >= 4 is 30.1 Å². The Morgan fingerprint density at radius 2 is 2.08 bits per heavy atom. The average Bonchev–Trinajstić information content (AvgIpc) is 2.77. The zero-order valence-corrected chi connectivity index (χ0v) is 9.12. The van der Waals surface area contributed by atoms with Crippen molar-refractivity contribution in [2.24, 2.45) is 0 Å². The molecular formula is C8H15ClN2OS. The maximum atomic E-state index is 11.7. The van der Waals surface area contributed by atoms with Gasteiger partial charge in [0.05, 0.1) is 6.04 Å². The van der Waals surface area contributed by atoms with E-state index in [9.17, 15) is 4.79 Å². The molecular weight excluding hydrogens is 208 g/mol. The summed E-state index contributed by atoms with van der Waals surface area (Å²) in [7, 11) is 0. The Bertz CT molecular complexity index is 161. The van der Waals surface area contributed by atoms with Gasteiger partial charge in [-0.3, -0.25) is 10.1 Å². The van der Waals surface area contributed by atoms with Gasteiger partial charge in [0.15, 0.2) is 0 Å². The lowest BCUT2D eigenvalue weighted by atomic mass is 10.3. The summed E-state index contributed by atoms with van der Waals surface area (Å²) in [6.07, 6.45) is 2.37. The molecule has 2 saturated heterocycles. The van der Waals surface area contributed by atoms with Gasteiger partial charge < -0.3 is 4.90 Å². The molecule has 13 heavy (non-hydrogen) atoms. The van der Waals surface area contributed by atoms with E-state index < -0.39 is 0 Å². The van der Waals surface area contributed by atoms with Crippen molar-refractivity contribution in [2.75, 3.05) is 24.7 Å². The van der Waals surface area contributed by atoms with Gasteiger partial charge in [0, 0.05) is 24.7 Å². The predicted molar refractivity (Wildman–Crippen MR) is 57.3 cm³/mol. The van der Waals surface area contributed by atoms with Crippen LogP contribution in [0.4, 0.5) is 0 Å². The first-order valence-electron chi connectivity index (χ1n) is 4.48. The Morgan fingerprint density at radius 1 is 1.38 bits per heavy atom. The second-order valence-corrected chi connectivity index (χ2v) is 4.33. The maximum absolute atomic E-state index is 11.7. The highest BCUT2D eigenvalue weighted by Gasteiger charge is 2.28. The molecule has 1 atom stereocenters. The summed E-state index contributed by atoms with van der Waals surface area (Å²) < 4.78 is 0. The number of amides is 1. The van der Waals surface area contributed by atoms with Crippen LogP contribution in [0.5, 0.6) is 0 Å². The van der Waals surface area contributed by atoms with Gasteiger partial charge in [-0.1, -0.05) is 0 Å². The molecule has 0 aromatic rings. The molecule has 2 rings (SSSR count). The van der Waals surface area contributed by atoms with Gasteiger partial charge in [0.25, 0.3) is 0 Å². The molecule has 0 aromatic heterocycles. The fraction of sp³-hybridized carbons (Fsp3) is 0.875. The molecule has 1 N–H and O–H groups in total. The molecule has 0 bridgehead atoms. The van der Waals surface area contributed by atoms with Crippen LogP contribution in [0, 0.1) is 0 Å². The number of carbonyl (C=O) groups is 1. The van der Waals surface area contributed by atoms with E-state index in [-0.39, 0.29) is 18.4 Å². The summed E-state index contributed by atoms with van der Waals surface area (Å²) in [6.45, 7) is 1.95. The zero-order valence-electron chi connectivity index (χ0n) is 7.49. The normalized spacial score (nSPS) is 27.4. The highest BCUT2D eigenvalue weighted by Crippen LogP contribution is 2.15. The minimum atomic E-state index is 0. The summed E-state index contributed by atoms with van der Waals surface area (Å²) >= 11 is 1.81. The van der Waals surface area contributed by atoms with E-state index in [0.717, 1.165) is 24.7 Å². The van der Waals surface area contributed by atoms with E-state index >= 15 is 0 Å². The van der Waals surface area contributed by atoms with E-state index in [0.29, 0.717) is 5.91 Å². The number of hydrogen-bond acceptors (Lipinski definition) is 3. The monoisotopic (exact) mass is 222 g/mol. The Hall–Kier alpha value is 0.0700. The Morgan fingerprint density at radius 3 is 2.62 bits per heavy atom. The number of hydrogen-bond donors (Lipinski definition) is 1. The van der Waals surface area contributed by atoms with Crippen LogP contribution in [0.2, 0.25) is 0 Å². The van der Waals surface area contributed by atoms with E-state index in [1.165, 1.54) is 12.8 Å². The SMILES string of the molecule is Cl.O=C(C1CSCN1)N1CCCC1. The molecule has 1 unspecified atom stereocenters. The van der Waals surface area contributed by atoms with Crippen LogP contribution in [-0.4, -0.2) is 41.6 Å². The molecule has 0 spiro atoms. The van der Waals surface area contributed by atoms with Gasteiger partial charge in [-0.2, -0.15) is 0 Å². The minimum Gasteiger partial charge on any atom is -0.341 e. The smallest absolute Gasteiger partial charge is 0.240 e. The van der Waals surface area contributed by atoms with Crippen molar-refractivity contribution in [3.8, 4) is 0 Å². The summed E-state index contributed by atoms with van der Waals surface area (Å²) in [5.41, 5.74) is 0. The van der Waals surface area contributed by atoms with Gasteiger partial charge >= 0.3 is 0 Å². The number of nitrogens with one attached hydrogen (secondary N) is 1. The van der Waals surface area contributed by atoms with Crippen LogP contribution >= 0.6 is 24.2 Å². The minimum absolute atomic E-state index is 0. The highest BCUT2D eigenvalue weighted by atomic mass is 35.5. The number of nitrogens with zero attached hydrogens (tertiary/aromatic N) is 1. The quantitative estimate of drug-likeness (QED) is 0.709. The first-order valence-corrected chi connectivity index (χ1v) is 5.63. The molecule has 2 fully saturated rings. The van der Waals surface area contributed by atoms with E-state index in [2.05, 4.69) is 5.32 Å². The summed E-state index contributed by atoms with van der Waals surface area (Å²) in [5.74, 6) is 2.21. The standard InChI is InChI=1S/C8H14N2OS.ClH/c11-8(7-5-12-6-9-7)10-3-1-2-4-10;/h7,9H,1-6H2;1H. The fourth-order valence-corrected chi connectivity index (χ4v) is 2.64. The molecule has 0 saturated carbocycles. The van der Waals surface area contributed by atoms with Gasteiger partial charge in [-0.15, -0.1) is 24.2 Å². The van der Waals surface area contributed by atoms with Crippen molar-refractivity contribution < 1.29 is 4.79 Å². The van der Waals surface area contributed by atoms with E-state index in [4.69, 9.17) is 0 Å². The lowest BCUT2D eigenvalue weighted by Crippen LogP contribution is -2.43. The molecule has 0 aliphatic carbocycles. The maximum Gasteiger partial charge on any atom is 0.240 e. The largest absolute Gasteiger partial charge is 0.341 e. The van der Waals surface area contributed by atoms with Crippen molar-refractivity contribution in [1.82, 2.24) is 10.2 Å². The van der Waals surface area contributed by atoms with Crippen LogP contribution in [0.1, 0.15) is 12.8 Å². The van der Waals surface area contributed by atoms with Crippen LogP contribution in [0.3, 0.4) is 0 Å². The van der Waals surface area contributed by atoms with E-state index in [1.807, 2.05) is 16.7 Å². The van der Waals surface area contributed by atoms with E-state index in [1.54, 1.807) is 0 Å². The number of rotatable bonds is 1. The number of carbonyl (C=O) groups excluding carboxylic acids is 1.